The normalized spacial score (nSPS) is 14.7. The van der Waals surface area contributed by atoms with Crippen molar-refractivity contribution in [3.8, 4) is 22.6 Å². The van der Waals surface area contributed by atoms with Crippen molar-refractivity contribution < 1.29 is 4.42 Å². The second-order valence-electron chi connectivity index (χ2n) is 11.8. The van der Waals surface area contributed by atoms with E-state index >= 15 is 0 Å². The first-order valence-corrected chi connectivity index (χ1v) is 15.4. The van der Waals surface area contributed by atoms with Gasteiger partial charge in [0.15, 0.2) is 23.5 Å². The summed E-state index contributed by atoms with van der Waals surface area (Å²) >= 11 is 0. The van der Waals surface area contributed by atoms with Crippen LogP contribution >= 0.6 is 0 Å². The van der Waals surface area contributed by atoms with Crippen LogP contribution in [0, 0.1) is 11.8 Å². The summed E-state index contributed by atoms with van der Waals surface area (Å²) in [6.07, 6.45) is 3.61. The molecule has 1 atom stereocenters. The summed E-state index contributed by atoms with van der Waals surface area (Å²) in [5.74, 6) is 4.51. The molecule has 0 saturated heterocycles. The molecule has 0 fully saturated rings. The van der Waals surface area contributed by atoms with E-state index in [0.717, 1.165) is 67.4 Å². The van der Waals surface area contributed by atoms with E-state index in [1.165, 1.54) is 0 Å². The summed E-state index contributed by atoms with van der Waals surface area (Å²) < 4.78 is 6.31. The van der Waals surface area contributed by atoms with Crippen LogP contribution < -0.4 is 10.6 Å². The van der Waals surface area contributed by atoms with Crippen molar-refractivity contribution in [1.29, 1.82) is 0 Å². The van der Waals surface area contributed by atoms with Gasteiger partial charge >= 0.3 is 0 Å². The average Bonchev–Trinajstić information content (AvgIpc) is 3.66. The molecule has 1 unspecified atom stereocenters. The molecule has 3 heterocycles. The van der Waals surface area contributed by atoms with Gasteiger partial charge in [-0.2, -0.15) is 20.1 Å². The summed E-state index contributed by atoms with van der Waals surface area (Å²) in [5, 5.41) is 17.7. The fraction of sp³-hybridized carbons (Fsp3) is 0.455. The van der Waals surface area contributed by atoms with Gasteiger partial charge < -0.3 is 15.1 Å². The lowest BCUT2D eigenvalue weighted by atomic mass is 10.1. The summed E-state index contributed by atoms with van der Waals surface area (Å²) in [6.45, 7) is 11.8. The molecule has 2 aromatic heterocycles. The smallest absolute Gasteiger partial charge is 0.227 e. The van der Waals surface area contributed by atoms with Crippen LogP contribution in [0.1, 0.15) is 64.7 Å². The first-order chi connectivity index (χ1) is 20.9. The van der Waals surface area contributed by atoms with E-state index in [4.69, 9.17) is 19.4 Å². The van der Waals surface area contributed by atoms with E-state index < -0.39 is 0 Å². The third kappa shape index (κ3) is 8.59. The Labute approximate surface area is 254 Å². The Balaban J connectivity index is 1.21. The molecule has 1 aliphatic rings. The number of aromatic nitrogens is 4. The van der Waals surface area contributed by atoms with Crippen LogP contribution in [0.25, 0.3) is 22.6 Å². The lowest BCUT2D eigenvalue weighted by Gasteiger charge is -2.15. The van der Waals surface area contributed by atoms with Crippen molar-refractivity contribution in [3.05, 3.63) is 72.4 Å². The van der Waals surface area contributed by atoms with E-state index in [2.05, 4.69) is 77.9 Å². The molecular formula is C33H43N9O. The molecule has 43 heavy (non-hydrogen) atoms. The highest BCUT2D eigenvalue weighted by Gasteiger charge is 2.25. The predicted molar refractivity (Wildman–Crippen MR) is 171 cm³/mol. The molecule has 0 spiro atoms. The maximum Gasteiger partial charge on any atom is 0.227 e. The zero-order chi connectivity index (χ0) is 30.0. The Bertz CT molecular complexity index is 1360. The lowest BCUT2D eigenvalue weighted by molar-refractivity contribution is 0.299. The molecule has 2 aromatic carbocycles. The molecule has 0 radical (unpaired) electrons. The molecule has 0 bridgehead atoms. The SMILES string of the molecule is CC(C)CCNc1nc(NCCC(C)C)nc(C2CN(CCCc3nc(-c4ccccc4)c(-c4ccccc4)o3)N=N2)n1. The van der Waals surface area contributed by atoms with E-state index in [-0.39, 0.29) is 6.04 Å². The van der Waals surface area contributed by atoms with Crippen molar-refractivity contribution in [3.63, 3.8) is 0 Å². The third-order valence-corrected chi connectivity index (χ3v) is 7.22. The quantitative estimate of drug-likeness (QED) is 0.149. The maximum absolute atomic E-state index is 6.31. The number of hydrogen-bond acceptors (Lipinski definition) is 10. The first-order valence-electron chi connectivity index (χ1n) is 15.4. The van der Waals surface area contributed by atoms with Gasteiger partial charge in [-0.05, 0) is 31.1 Å². The van der Waals surface area contributed by atoms with Gasteiger partial charge in [-0.3, -0.25) is 5.01 Å². The predicted octanol–water partition coefficient (Wildman–Crippen LogP) is 7.47. The van der Waals surface area contributed by atoms with Crippen LogP contribution in [-0.4, -0.2) is 51.1 Å². The molecule has 0 saturated carbocycles. The van der Waals surface area contributed by atoms with Crippen LogP contribution in [0.15, 0.2) is 75.4 Å². The van der Waals surface area contributed by atoms with Crippen LogP contribution in [-0.2, 0) is 6.42 Å². The van der Waals surface area contributed by atoms with E-state index in [1.807, 2.05) is 41.4 Å². The van der Waals surface area contributed by atoms with Gasteiger partial charge in [0.05, 0.1) is 6.54 Å². The van der Waals surface area contributed by atoms with Crippen molar-refractivity contribution in [2.75, 3.05) is 36.8 Å². The minimum absolute atomic E-state index is 0.240. The van der Waals surface area contributed by atoms with Crippen molar-refractivity contribution in [2.24, 2.45) is 22.2 Å². The summed E-state index contributed by atoms with van der Waals surface area (Å²) in [4.78, 5) is 18.9. The Morgan fingerprint density at radius 1 is 0.791 bits per heavy atom. The largest absolute Gasteiger partial charge is 0.440 e. The van der Waals surface area contributed by atoms with Gasteiger partial charge in [-0.15, -0.1) is 0 Å². The lowest BCUT2D eigenvalue weighted by Crippen LogP contribution is -2.21. The zero-order valence-corrected chi connectivity index (χ0v) is 25.7. The number of nitrogens with zero attached hydrogens (tertiary/aromatic N) is 7. The molecule has 226 valence electrons. The van der Waals surface area contributed by atoms with Gasteiger partial charge in [0, 0.05) is 37.2 Å². The summed E-state index contributed by atoms with van der Waals surface area (Å²) in [7, 11) is 0. The maximum atomic E-state index is 6.31. The summed E-state index contributed by atoms with van der Waals surface area (Å²) in [6, 6.07) is 20.1. The number of rotatable bonds is 15. The molecule has 10 nitrogen and oxygen atoms in total. The van der Waals surface area contributed by atoms with Crippen LogP contribution in [0.2, 0.25) is 0 Å². The minimum Gasteiger partial charge on any atom is -0.440 e. The monoisotopic (exact) mass is 581 g/mol. The highest BCUT2D eigenvalue weighted by Crippen LogP contribution is 2.33. The number of anilines is 2. The molecule has 5 rings (SSSR count). The topological polar surface area (TPSA) is 117 Å². The molecule has 10 heteroatoms. The van der Waals surface area contributed by atoms with Gasteiger partial charge in [-0.25, -0.2) is 4.98 Å². The van der Waals surface area contributed by atoms with E-state index in [9.17, 15) is 0 Å². The van der Waals surface area contributed by atoms with Gasteiger partial charge in [0.1, 0.15) is 5.69 Å². The van der Waals surface area contributed by atoms with Gasteiger partial charge in [-0.1, -0.05) is 93.6 Å². The molecule has 4 aromatic rings. The number of aryl methyl sites for hydroxylation is 1. The number of benzene rings is 2. The fourth-order valence-corrected chi connectivity index (χ4v) is 4.78. The molecule has 0 aliphatic carbocycles. The molecule has 1 aliphatic heterocycles. The standard InChI is InChI=1S/C33H43N9O/c1-23(2)17-19-34-32-37-31(38-33(39-32)35-20-18-24(3)4)27-22-42(41-40-27)21-11-16-28-36-29(25-12-7-5-8-13-25)30(43-28)26-14-9-6-10-15-26/h5-10,12-15,23-24,27H,11,16-22H2,1-4H3,(H2,34,35,37,38,39). The highest BCUT2D eigenvalue weighted by molar-refractivity contribution is 5.76. The van der Waals surface area contributed by atoms with E-state index in [0.29, 0.717) is 42.5 Å². The Kier molecular flexibility index (Phi) is 10.3. The van der Waals surface area contributed by atoms with Crippen LogP contribution in [0.4, 0.5) is 11.9 Å². The van der Waals surface area contributed by atoms with Crippen molar-refractivity contribution in [1.82, 2.24) is 24.9 Å². The zero-order valence-electron chi connectivity index (χ0n) is 25.7. The number of hydrogen-bond donors (Lipinski definition) is 2. The number of oxazole rings is 1. The first kappa shape index (κ1) is 30.1. The molecule has 2 N–H and O–H groups in total. The Hall–Kier alpha value is -4.34. The van der Waals surface area contributed by atoms with Gasteiger partial charge in [0.25, 0.3) is 0 Å². The fourth-order valence-electron chi connectivity index (χ4n) is 4.78. The Morgan fingerprint density at radius 3 is 2.00 bits per heavy atom. The van der Waals surface area contributed by atoms with Crippen molar-refractivity contribution in [2.45, 2.75) is 59.4 Å². The van der Waals surface area contributed by atoms with Crippen molar-refractivity contribution >= 4 is 11.9 Å². The molecular weight excluding hydrogens is 538 g/mol. The van der Waals surface area contributed by atoms with Crippen LogP contribution in [0.3, 0.4) is 0 Å². The highest BCUT2D eigenvalue weighted by atomic mass is 16.4. The minimum atomic E-state index is -0.240. The van der Waals surface area contributed by atoms with Gasteiger partial charge in [0.2, 0.25) is 11.9 Å². The second kappa shape index (κ2) is 14.7. The number of nitrogens with one attached hydrogen (secondary N) is 2. The molecule has 0 amide bonds. The van der Waals surface area contributed by atoms with Crippen LogP contribution in [0.5, 0.6) is 0 Å². The second-order valence-corrected chi connectivity index (χ2v) is 11.8. The van der Waals surface area contributed by atoms with E-state index in [1.54, 1.807) is 0 Å². The summed E-state index contributed by atoms with van der Waals surface area (Å²) in [5.41, 5.74) is 2.93. The third-order valence-electron chi connectivity index (χ3n) is 7.22. The average molecular weight is 582 g/mol. The Morgan fingerprint density at radius 2 is 1.40 bits per heavy atom.